The fraction of sp³-hybridized carbons (Fsp3) is 0. The summed E-state index contributed by atoms with van der Waals surface area (Å²) in [5.74, 6) is -0.354. The second-order valence-corrected chi connectivity index (χ2v) is 2.88. The highest BCUT2D eigenvalue weighted by Gasteiger charge is 2.15. The molecule has 7 nitrogen and oxygen atoms in total. The number of hydrogen-bond donors (Lipinski definition) is 0. The molecular formula is C9H5N5O2. The van der Waals surface area contributed by atoms with Crippen molar-refractivity contribution >= 4 is 5.82 Å². The first-order valence-corrected chi connectivity index (χ1v) is 4.28. The van der Waals surface area contributed by atoms with Crippen LogP contribution in [-0.4, -0.2) is 19.9 Å². The molecular weight excluding hydrogens is 210 g/mol. The van der Waals surface area contributed by atoms with E-state index < -0.39 is 4.92 Å². The molecule has 0 N–H and O–H groups in total. The van der Waals surface area contributed by atoms with Crippen LogP contribution in [0.4, 0.5) is 5.82 Å². The van der Waals surface area contributed by atoms with Gasteiger partial charge in [0.25, 0.3) is 0 Å². The van der Waals surface area contributed by atoms with Crippen LogP contribution in [0.5, 0.6) is 0 Å². The topological polar surface area (TPSA) is 97.6 Å². The molecule has 0 saturated carbocycles. The predicted molar refractivity (Wildman–Crippen MR) is 52.7 cm³/mol. The van der Waals surface area contributed by atoms with Crippen LogP contribution in [0.25, 0.3) is 5.69 Å². The van der Waals surface area contributed by atoms with Crippen molar-refractivity contribution < 1.29 is 4.92 Å². The number of hydrogen-bond acceptors (Lipinski definition) is 5. The summed E-state index contributed by atoms with van der Waals surface area (Å²) in [6, 6.07) is 8.56. The molecule has 0 amide bonds. The van der Waals surface area contributed by atoms with Gasteiger partial charge in [-0.05, 0) is 17.1 Å². The molecule has 0 aliphatic rings. The van der Waals surface area contributed by atoms with E-state index in [0.717, 1.165) is 11.0 Å². The first-order chi connectivity index (χ1) is 7.72. The molecule has 0 atom stereocenters. The van der Waals surface area contributed by atoms with Gasteiger partial charge in [-0.25, -0.2) is 0 Å². The van der Waals surface area contributed by atoms with E-state index in [1.54, 1.807) is 24.3 Å². The maximum absolute atomic E-state index is 10.4. The second-order valence-electron chi connectivity index (χ2n) is 2.88. The fourth-order valence-electron chi connectivity index (χ4n) is 1.20. The third-order valence-electron chi connectivity index (χ3n) is 1.91. The van der Waals surface area contributed by atoms with Gasteiger partial charge in [0.1, 0.15) is 11.8 Å². The molecule has 78 valence electrons. The monoisotopic (exact) mass is 215 g/mol. The van der Waals surface area contributed by atoms with Crippen LogP contribution in [0.15, 0.2) is 30.5 Å². The summed E-state index contributed by atoms with van der Waals surface area (Å²) in [7, 11) is 0. The standard InChI is InChI=1S/C9H5N5O2/c10-5-7-3-1-2-4-8(7)13-11-6-9(12-13)14(15)16/h1-4,6H. The minimum atomic E-state index is -0.640. The van der Waals surface area contributed by atoms with Gasteiger partial charge < -0.3 is 10.1 Å². The smallest absolute Gasteiger partial charge is 0.358 e. The first kappa shape index (κ1) is 9.79. The van der Waals surface area contributed by atoms with Crippen molar-refractivity contribution in [2.45, 2.75) is 0 Å². The quantitative estimate of drug-likeness (QED) is 0.550. The highest BCUT2D eigenvalue weighted by Crippen LogP contribution is 2.13. The van der Waals surface area contributed by atoms with E-state index in [0.29, 0.717) is 11.3 Å². The van der Waals surface area contributed by atoms with Gasteiger partial charge in [0.15, 0.2) is 6.20 Å². The highest BCUT2D eigenvalue weighted by atomic mass is 16.6. The molecule has 1 aromatic carbocycles. The number of para-hydroxylation sites is 1. The maximum atomic E-state index is 10.4. The highest BCUT2D eigenvalue weighted by molar-refractivity contribution is 5.47. The lowest BCUT2D eigenvalue weighted by atomic mass is 10.2. The summed E-state index contributed by atoms with van der Waals surface area (Å²) in [6.07, 6.45) is 1.04. The number of aromatic nitrogens is 3. The SMILES string of the molecule is N#Cc1ccccc1-n1ncc([N+](=O)[O-])n1. The van der Waals surface area contributed by atoms with E-state index in [-0.39, 0.29) is 5.82 Å². The second kappa shape index (κ2) is 3.78. The van der Waals surface area contributed by atoms with Gasteiger partial charge in [0.05, 0.1) is 10.7 Å². The lowest BCUT2D eigenvalue weighted by Gasteiger charge is -1.96. The van der Waals surface area contributed by atoms with Gasteiger partial charge >= 0.3 is 5.82 Å². The van der Waals surface area contributed by atoms with Crippen molar-refractivity contribution in [1.29, 1.82) is 5.26 Å². The maximum Gasteiger partial charge on any atom is 0.410 e. The fourth-order valence-corrected chi connectivity index (χ4v) is 1.20. The van der Waals surface area contributed by atoms with E-state index in [2.05, 4.69) is 10.2 Å². The molecule has 2 rings (SSSR count). The van der Waals surface area contributed by atoms with Crippen LogP contribution in [0, 0.1) is 21.4 Å². The molecule has 1 aromatic heterocycles. The molecule has 0 radical (unpaired) electrons. The van der Waals surface area contributed by atoms with Crippen molar-refractivity contribution in [3.05, 3.63) is 46.1 Å². The Morgan fingerprint density at radius 3 is 2.81 bits per heavy atom. The number of nitriles is 1. The largest absolute Gasteiger partial charge is 0.410 e. The van der Waals surface area contributed by atoms with E-state index in [1.165, 1.54) is 0 Å². The Morgan fingerprint density at radius 1 is 1.44 bits per heavy atom. The summed E-state index contributed by atoms with van der Waals surface area (Å²) in [5, 5.41) is 26.6. The molecule has 1 heterocycles. The van der Waals surface area contributed by atoms with Crippen LogP contribution >= 0.6 is 0 Å². The number of nitro groups is 1. The number of nitrogens with zero attached hydrogens (tertiary/aromatic N) is 5. The van der Waals surface area contributed by atoms with Crippen LogP contribution < -0.4 is 0 Å². The molecule has 0 unspecified atom stereocenters. The van der Waals surface area contributed by atoms with Gasteiger partial charge in [-0.2, -0.15) is 5.26 Å². The third kappa shape index (κ3) is 1.59. The Kier molecular flexibility index (Phi) is 2.31. The van der Waals surface area contributed by atoms with E-state index in [9.17, 15) is 10.1 Å². The van der Waals surface area contributed by atoms with Crippen molar-refractivity contribution in [2.75, 3.05) is 0 Å². The molecule has 0 saturated heterocycles. The minimum Gasteiger partial charge on any atom is -0.358 e. The summed E-state index contributed by atoms with van der Waals surface area (Å²) in [4.78, 5) is 10.9. The molecule has 0 aliphatic heterocycles. The normalized spacial score (nSPS) is 9.69. The zero-order valence-corrected chi connectivity index (χ0v) is 7.94. The van der Waals surface area contributed by atoms with Crippen LogP contribution in [0.2, 0.25) is 0 Å². The van der Waals surface area contributed by atoms with Crippen LogP contribution in [-0.2, 0) is 0 Å². The van der Waals surface area contributed by atoms with Gasteiger partial charge in [-0.3, -0.25) is 0 Å². The van der Waals surface area contributed by atoms with Crippen molar-refractivity contribution in [3.63, 3.8) is 0 Å². The first-order valence-electron chi connectivity index (χ1n) is 4.28. The summed E-state index contributed by atoms with van der Waals surface area (Å²) in [6.45, 7) is 0. The molecule has 0 fully saturated rings. The Morgan fingerprint density at radius 2 is 2.19 bits per heavy atom. The zero-order valence-electron chi connectivity index (χ0n) is 7.94. The number of benzene rings is 1. The van der Waals surface area contributed by atoms with E-state index in [4.69, 9.17) is 5.26 Å². The third-order valence-corrected chi connectivity index (χ3v) is 1.91. The Balaban J connectivity index is 2.51. The van der Waals surface area contributed by atoms with Crippen LogP contribution in [0.1, 0.15) is 5.56 Å². The van der Waals surface area contributed by atoms with Crippen molar-refractivity contribution in [1.82, 2.24) is 15.0 Å². The average molecular weight is 215 g/mol. The van der Waals surface area contributed by atoms with E-state index in [1.807, 2.05) is 6.07 Å². The zero-order chi connectivity index (χ0) is 11.5. The predicted octanol–water partition coefficient (Wildman–Crippen LogP) is 1.05. The molecule has 16 heavy (non-hydrogen) atoms. The molecule has 7 heteroatoms. The molecule has 2 aromatic rings. The van der Waals surface area contributed by atoms with Crippen LogP contribution in [0.3, 0.4) is 0 Å². The summed E-state index contributed by atoms with van der Waals surface area (Å²) >= 11 is 0. The molecule has 0 spiro atoms. The number of rotatable bonds is 2. The van der Waals surface area contributed by atoms with Gasteiger partial charge in [-0.15, -0.1) is 5.10 Å². The molecule has 0 aliphatic carbocycles. The average Bonchev–Trinajstić information content (AvgIpc) is 2.78. The Labute approximate surface area is 89.7 Å². The lowest BCUT2D eigenvalue weighted by molar-refractivity contribution is -0.389. The summed E-state index contributed by atoms with van der Waals surface area (Å²) in [5.41, 5.74) is 0.770. The Bertz CT molecular complexity index is 584. The van der Waals surface area contributed by atoms with Crippen molar-refractivity contribution in [3.8, 4) is 11.8 Å². The lowest BCUT2D eigenvalue weighted by Crippen LogP contribution is -2.01. The van der Waals surface area contributed by atoms with Crippen molar-refractivity contribution in [2.24, 2.45) is 0 Å². The van der Waals surface area contributed by atoms with E-state index >= 15 is 0 Å². The van der Waals surface area contributed by atoms with Gasteiger partial charge in [0.2, 0.25) is 0 Å². The van der Waals surface area contributed by atoms with Gasteiger partial charge in [-0.1, -0.05) is 16.9 Å². The molecule has 0 bridgehead atoms. The minimum absolute atomic E-state index is 0.354. The summed E-state index contributed by atoms with van der Waals surface area (Å²) < 4.78 is 0. The Hall–Kier alpha value is -2.75. The van der Waals surface area contributed by atoms with Gasteiger partial charge in [0, 0.05) is 0 Å².